The average molecular weight is 363 g/mol. The van der Waals surface area contributed by atoms with E-state index in [2.05, 4.69) is 9.83 Å². The van der Waals surface area contributed by atoms with Gasteiger partial charge in [-0.2, -0.15) is 0 Å². The maximum Gasteiger partial charge on any atom is 0.399 e. The lowest BCUT2D eigenvalue weighted by Crippen LogP contribution is -2.32. The number of esters is 1. The number of halogens is 2. The molecule has 7 heteroatoms. The van der Waals surface area contributed by atoms with Crippen LogP contribution in [-0.2, 0) is 15.1 Å². The van der Waals surface area contributed by atoms with Crippen LogP contribution in [0.4, 0.5) is 4.39 Å². The molecule has 2 rings (SSSR count). The molecule has 0 bridgehead atoms. The van der Waals surface area contributed by atoms with E-state index in [0.29, 0.717) is 17.0 Å². The molecule has 5 nitrogen and oxygen atoms in total. The Balaban J connectivity index is 2.62. The number of hydrogen-bond donors (Lipinski definition) is 0. The van der Waals surface area contributed by atoms with Crippen LogP contribution in [0.2, 0.25) is 5.02 Å². The van der Waals surface area contributed by atoms with Gasteiger partial charge < -0.3 is 9.47 Å². The molecular weight excluding hydrogens is 347 g/mol. The maximum atomic E-state index is 13.4. The Morgan fingerprint density at radius 2 is 2.12 bits per heavy atom. The summed E-state index contributed by atoms with van der Waals surface area (Å²) in [6.45, 7) is 10.7. The third-order valence-electron chi connectivity index (χ3n) is 3.67. The zero-order chi connectivity index (χ0) is 18.6. The average Bonchev–Trinajstić information content (AvgIpc) is 2.62. The first kappa shape index (κ1) is 18.7. The van der Waals surface area contributed by atoms with Crippen molar-refractivity contribution in [1.29, 1.82) is 0 Å². The standard InChI is InChI=1S/C18H16ClFN2O3/c1-5-25-17(23)18(2,21-3)15-9-8-14(24-4)16(22-15)11-6-7-13(20)12(19)10-11/h6-10H,5H2,1-2,4H3. The number of benzene rings is 1. The Labute approximate surface area is 150 Å². The molecule has 1 atom stereocenters. The first-order valence-corrected chi connectivity index (χ1v) is 7.82. The van der Waals surface area contributed by atoms with E-state index in [4.69, 9.17) is 27.6 Å². The topological polar surface area (TPSA) is 52.8 Å². The van der Waals surface area contributed by atoms with E-state index in [9.17, 15) is 9.18 Å². The van der Waals surface area contributed by atoms with Crippen molar-refractivity contribution < 1.29 is 18.7 Å². The number of aromatic nitrogens is 1. The molecule has 0 N–H and O–H groups in total. The fraction of sp³-hybridized carbons (Fsp3) is 0.278. The Morgan fingerprint density at radius 1 is 1.40 bits per heavy atom. The van der Waals surface area contributed by atoms with Crippen molar-refractivity contribution in [2.24, 2.45) is 0 Å². The van der Waals surface area contributed by atoms with Crippen molar-refractivity contribution in [1.82, 2.24) is 4.98 Å². The predicted octanol–water partition coefficient (Wildman–Crippen LogP) is 4.25. The Morgan fingerprint density at radius 3 is 2.68 bits per heavy atom. The van der Waals surface area contributed by atoms with Crippen LogP contribution in [-0.4, -0.2) is 24.7 Å². The van der Waals surface area contributed by atoms with Crippen molar-refractivity contribution in [3.8, 4) is 17.0 Å². The third-order valence-corrected chi connectivity index (χ3v) is 3.96. The van der Waals surface area contributed by atoms with Crippen molar-refractivity contribution >= 4 is 17.6 Å². The van der Waals surface area contributed by atoms with E-state index in [0.717, 1.165) is 0 Å². The highest BCUT2D eigenvalue weighted by Crippen LogP contribution is 2.34. The highest BCUT2D eigenvalue weighted by molar-refractivity contribution is 6.31. The highest BCUT2D eigenvalue weighted by Gasteiger charge is 2.46. The summed E-state index contributed by atoms with van der Waals surface area (Å²) in [7, 11) is 1.46. The van der Waals surface area contributed by atoms with Crippen LogP contribution in [0.1, 0.15) is 19.5 Å². The van der Waals surface area contributed by atoms with Gasteiger partial charge >= 0.3 is 11.5 Å². The number of rotatable bonds is 5. The first-order valence-electron chi connectivity index (χ1n) is 7.44. The van der Waals surface area contributed by atoms with Gasteiger partial charge in [0, 0.05) is 12.5 Å². The molecule has 0 aliphatic carbocycles. The summed E-state index contributed by atoms with van der Waals surface area (Å²) in [5, 5.41) is -0.0647. The Kier molecular flexibility index (Phi) is 5.60. The second kappa shape index (κ2) is 7.49. The fourth-order valence-electron chi connectivity index (χ4n) is 2.21. The number of pyridine rings is 1. The lowest BCUT2D eigenvalue weighted by atomic mass is 9.97. The van der Waals surface area contributed by atoms with Crippen molar-refractivity contribution in [3.63, 3.8) is 0 Å². The third kappa shape index (κ3) is 3.57. The van der Waals surface area contributed by atoms with E-state index in [1.807, 2.05) is 0 Å². The van der Waals surface area contributed by atoms with E-state index in [-0.39, 0.29) is 17.3 Å². The fourth-order valence-corrected chi connectivity index (χ4v) is 2.39. The van der Waals surface area contributed by atoms with Gasteiger partial charge in [0.1, 0.15) is 23.0 Å². The molecule has 1 unspecified atom stereocenters. The lowest BCUT2D eigenvalue weighted by molar-refractivity contribution is -0.147. The summed E-state index contributed by atoms with van der Waals surface area (Å²) in [5.74, 6) is -0.841. The van der Waals surface area contributed by atoms with Crippen LogP contribution in [0.25, 0.3) is 16.1 Å². The van der Waals surface area contributed by atoms with Crippen molar-refractivity contribution in [2.45, 2.75) is 19.4 Å². The first-order chi connectivity index (χ1) is 11.9. The van der Waals surface area contributed by atoms with Gasteiger partial charge in [-0.25, -0.2) is 20.7 Å². The predicted molar refractivity (Wildman–Crippen MR) is 91.8 cm³/mol. The number of carbonyl (C=O) groups excluding carboxylic acids is 1. The summed E-state index contributed by atoms with van der Waals surface area (Å²) < 4.78 is 23.7. The van der Waals surface area contributed by atoms with Crippen molar-refractivity contribution in [3.05, 3.63) is 58.3 Å². The quantitative estimate of drug-likeness (QED) is 0.589. The molecule has 130 valence electrons. The number of methoxy groups -OCH3 is 1. The highest BCUT2D eigenvalue weighted by atomic mass is 35.5. The molecule has 0 saturated heterocycles. The van der Waals surface area contributed by atoms with Gasteiger partial charge in [0.05, 0.1) is 18.7 Å². The summed E-state index contributed by atoms with van der Waals surface area (Å²) in [5.41, 5.74) is -0.541. The van der Waals surface area contributed by atoms with Crippen LogP contribution in [0.3, 0.4) is 0 Å². The summed E-state index contributed by atoms with van der Waals surface area (Å²) in [4.78, 5) is 20.0. The zero-order valence-corrected chi connectivity index (χ0v) is 14.7. The summed E-state index contributed by atoms with van der Waals surface area (Å²) >= 11 is 5.84. The number of hydrogen-bond acceptors (Lipinski definition) is 4. The second-order valence-electron chi connectivity index (χ2n) is 5.28. The minimum absolute atomic E-state index is 0.0647. The molecule has 1 heterocycles. The second-order valence-corrected chi connectivity index (χ2v) is 5.69. The molecule has 1 aromatic heterocycles. The van der Waals surface area contributed by atoms with Gasteiger partial charge in [0.25, 0.3) is 0 Å². The molecular formula is C18H16ClFN2O3. The lowest BCUT2D eigenvalue weighted by Gasteiger charge is -2.17. The van der Waals surface area contributed by atoms with Crippen molar-refractivity contribution in [2.75, 3.05) is 13.7 Å². The maximum absolute atomic E-state index is 13.4. The van der Waals surface area contributed by atoms with E-state index >= 15 is 0 Å². The molecule has 1 aromatic carbocycles. The largest absolute Gasteiger partial charge is 0.494 e. The number of carbonyl (C=O) groups is 1. The zero-order valence-electron chi connectivity index (χ0n) is 14.0. The van der Waals surface area contributed by atoms with Crippen LogP contribution in [0.15, 0.2) is 30.3 Å². The molecule has 25 heavy (non-hydrogen) atoms. The Hall–Kier alpha value is -2.65. The smallest absolute Gasteiger partial charge is 0.399 e. The van der Waals surface area contributed by atoms with E-state index in [1.165, 1.54) is 38.3 Å². The minimum atomic E-state index is -1.60. The van der Waals surface area contributed by atoms with E-state index in [1.54, 1.807) is 13.0 Å². The normalized spacial score (nSPS) is 12.8. The monoisotopic (exact) mass is 362 g/mol. The molecule has 0 aliphatic heterocycles. The molecule has 0 fully saturated rings. The van der Waals surface area contributed by atoms with Gasteiger partial charge in [-0.1, -0.05) is 11.6 Å². The molecule has 0 saturated carbocycles. The minimum Gasteiger partial charge on any atom is -0.494 e. The van der Waals surface area contributed by atoms with Crippen LogP contribution < -0.4 is 4.74 Å². The summed E-state index contributed by atoms with van der Waals surface area (Å²) in [6, 6.07) is 7.24. The number of ether oxygens (including phenoxy) is 2. The number of nitrogens with zero attached hydrogens (tertiary/aromatic N) is 2. The van der Waals surface area contributed by atoms with Gasteiger partial charge in [0.15, 0.2) is 0 Å². The molecule has 0 spiro atoms. The van der Waals surface area contributed by atoms with Gasteiger partial charge in [-0.05, 0) is 37.3 Å². The molecule has 0 aliphatic rings. The van der Waals surface area contributed by atoms with Gasteiger partial charge in [-0.15, -0.1) is 0 Å². The van der Waals surface area contributed by atoms with Gasteiger partial charge in [0.2, 0.25) is 0 Å². The molecule has 2 aromatic rings. The van der Waals surface area contributed by atoms with Crippen LogP contribution >= 0.6 is 11.6 Å². The van der Waals surface area contributed by atoms with Crippen LogP contribution in [0.5, 0.6) is 5.75 Å². The van der Waals surface area contributed by atoms with E-state index < -0.39 is 17.3 Å². The Bertz CT molecular complexity index is 851. The summed E-state index contributed by atoms with van der Waals surface area (Å²) in [6.07, 6.45) is 0. The molecule has 0 amide bonds. The van der Waals surface area contributed by atoms with Gasteiger partial charge in [-0.3, -0.25) is 4.85 Å². The van der Waals surface area contributed by atoms with Crippen LogP contribution in [0, 0.1) is 12.4 Å². The SMILES string of the molecule is [C-]#[N+]C(C)(C(=O)OCC)c1ccc(OC)c(-c2ccc(F)c(Cl)c2)n1. The molecule has 0 radical (unpaired) electrons.